The first-order chi connectivity index (χ1) is 16.2. The highest BCUT2D eigenvalue weighted by molar-refractivity contribution is 7.92. The number of ether oxygens (including phenoxy) is 1. The number of amides is 1. The molecule has 34 heavy (non-hydrogen) atoms. The van der Waals surface area contributed by atoms with E-state index in [1.165, 1.54) is 38.0 Å². The Kier molecular flexibility index (Phi) is 9.22. The van der Waals surface area contributed by atoms with E-state index in [4.69, 9.17) is 16.3 Å². The van der Waals surface area contributed by atoms with E-state index < -0.39 is 16.1 Å². The minimum Gasteiger partial charge on any atom is -0.495 e. The van der Waals surface area contributed by atoms with Gasteiger partial charge in [0.1, 0.15) is 11.8 Å². The number of nitrogens with zero attached hydrogens (tertiary/aromatic N) is 2. The molecule has 9 heteroatoms. The van der Waals surface area contributed by atoms with E-state index in [2.05, 4.69) is 22.3 Å². The van der Waals surface area contributed by atoms with Crippen molar-refractivity contribution in [2.24, 2.45) is 0 Å². The van der Waals surface area contributed by atoms with Crippen LogP contribution in [-0.2, 0) is 27.9 Å². The summed E-state index contributed by atoms with van der Waals surface area (Å²) in [6, 6.07) is 12.0. The van der Waals surface area contributed by atoms with Crippen LogP contribution >= 0.6 is 11.6 Å². The predicted molar refractivity (Wildman–Crippen MR) is 137 cm³/mol. The number of halogens is 1. The van der Waals surface area contributed by atoms with Crippen molar-refractivity contribution in [3.63, 3.8) is 0 Å². The number of nitrogens with one attached hydrogen (secondary N) is 1. The number of likely N-dealkylation sites (tertiary alicyclic amines) is 1. The molecule has 0 saturated carbocycles. The third kappa shape index (κ3) is 6.87. The van der Waals surface area contributed by atoms with Gasteiger partial charge in [-0.15, -0.1) is 0 Å². The zero-order valence-corrected chi connectivity index (χ0v) is 21.7. The van der Waals surface area contributed by atoms with Crippen molar-refractivity contribution in [3.05, 3.63) is 58.6 Å². The second-order valence-corrected chi connectivity index (χ2v) is 10.9. The largest absolute Gasteiger partial charge is 0.495 e. The molecule has 1 amide bonds. The van der Waals surface area contributed by atoms with Crippen LogP contribution in [0.5, 0.6) is 5.75 Å². The summed E-state index contributed by atoms with van der Waals surface area (Å²) >= 11 is 6.23. The van der Waals surface area contributed by atoms with Crippen molar-refractivity contribution in [1.82, 2.24) is 10.2 Å². The van der Waals surface area contributed by atoms with Crippen LogP contribution in [0.1, 0.15) is 43.7 Å². The molecule has 0 radical (unpaired) electrons. The van der Waals surface area contributed by atoms with Gasteiger partial charge in [0.2, 0.25) is 15.9 Å². The van der Waals surface area contributed by atoms with Gasteiger partial charge in [-0.1, -0.05) is 49.2 Å². The number of carbonyl (C=O) groups excluding carboxylic acids is 1. The van der Waals surface area contributed by atoms with Gasteiger partial charge in [0.15, 0.2) is 0 Å². The summed E-state index contributed by atoms with van der Waals surface area (Å²) in [7, 11) is -2.26. The van der Waals surface area contributed by atoms with E-state index >= 15 is 0 Å². The van der Waals surface area contributed by atoms with Gasteiger partial charge in [-0.2, -0.15) is 0 Å². The van der Waals surface area contributed by atoms with E-state index in [1.807, 2.05) is 12.1 Å². The van der Waals surface area contributed by atoms with Crippen molar-refractivity contribution < 1.29 is 17.9 Å². The molecule has 1 fully saturated rings. The molecule has 1 atom stereocenters. The molecular weight excluding hydrogens is 474 g/mol. The number of sulfonamides is 1. The molecule has 1 saturated heterocycles. The first kappa shape index (κ1) is 26.3. The Morgan fingerprint density at radius 3 is 2.47 bits per heavy atom. The Hall–Kier alpha value is -2.29. The van der Waals surface area contributed by atoms with E-state index in [0.717, 1.165) is 35.8 Å². The van der Waals surface area contributed by atoms with Crippen LogP contribution in [-0.4, -0.2) is 51.7 Å². The lowest BCUT2D eigenvalue weighted by Gasteiger charge is -2.30. The van der Waals surface area contributed by atoms with Gasteiger partial charge in [0.25, 0.3) is 0 Å². The van der Waals surface area contributed by atoms with Crippen LogP contribution in [0.15, 0.2) is 42.5 Å². The summed E-state index contributed by atoms with van der Waals surface area (Å²) in [5, 5.41) is 3.20. The average Bonchev–Trinajstić information content (AvgIpc) is 2.81. The fourth-order valence-electron chi connectivity index (χ4n) is 4.37. The Labute approximate surface area is 208 Å². The van der Waals surface area contributed by atoms with Gasteiger partial charge < -0.3 is 10.1 Å². The maximum atomic E-state index is 13.1. The standard InChI is InChI=1S/C25H34ClN3O4S/c1-4-23(29(34(3,31)32)21-11-12-24(33-2)22(26)16-21)25(30)27-17-19-9-8-10-20(15-19)18-28-13-6-5-7-14-28/h8-12,15-16,23H,4-7,13-14,17-18H2,1-3H3,(H,27,30)/t23-/m1/s1. The topological polar surface area (TPSA) is 79.0 Å². The third-order valence-corrected chi connectivity index (χ3v) is 7.51. The lowest BCUT2D eigenvalue weighted by molar-refractivity contribution is -0.122. The van der Waals surface area contributed by atoms with Gasteiger partial charge >= 0.3 is 0 Å². The summed E-state index contributed by atoms with van der Waals surface area (Å²) in [4.78, 5) is 15.6. The highest BCUT2D eigenvalue weighted by Gasteiger charge is 2.31. The Morgan fingerprint density at radius 2 is 1.85 bits per heavy atom. The van der Waals surface area contributed by atoms with Crippen molar-refractivity contribution in [2.45, 2.75) is 51.7 Å². The molecule has 0 unspecified atom stereocenters. The smallest absolute Gasteiger partial charge is 0.244 e. The molecule has 2 aromatic rings. The Morgan fingerprint density at radius 1 is 1.15 bits per heavy atom. The number of rotatable bonds is 10. The number of hydrogen-bond donors (Lipinski definition) is 1. The molecule has 186 valence electrons. The number of piperidine rings is 1. The van der Waals surface area contributed by atoms with Crippen molar-refractivity contribution in [1.29, 1.82) is 0 Å². The number of benzene rings is 2. The van der Waals surface area contributed by atoms with E-state index in [-0.39, 0.29) is 10.9 Å². The lowest BCUT2D eigenvalue weighted by atomic mass is 10.1. The second-order valence-electron chi connectivity index (χ2n) is 8.68. The molecule has 3 rings (SSSR count). The molecule has 1 heterocycles. The molecule has 0 aliphatic carbocycles. The zero-order valence-electron chi connectivity index (χ0n) is 20.1. The number of hydrogen-bond acceptors (Lipinski definition) is 5. The first-order valence-electron chi connectivity index (χ1n) is 11.6. The molecule has 0 spiro atoms. The van der Waals surface area contributed by atoms with Gasteiger partial charge in [-0.05, 0) is 61.7 Å². The van der Waals surface area contributed by atoms with Crippen LogP contribution in [0.4, 0.5) is 5.69 Å². The van der Waals surface area contributed by atoms with E-state index in [9.17, 15) is 13.2 Å². The summed E-state index contributed by atoms with van der Waals surface area (Å²) in [5.74, 6) is 0.0714. The highest BCUT2D eigenvalue weighted by atomic mass is 35.5. The fourth-order valence-corrected chi connectivity index (χ4v) is 5.83. The minimum atomic E-state index is -3.75. The van der Waals surface area contributed by atoms with E-state index in [1.54, 1.807) is 19.1 Å². The summed E-state index contributed by atoms with van der Waals surface area (Å²) in [6.45, 7) is 5.25. The van der Waals surface area contributed by atoms with Crippen LogP contribution in [0, 0.1) is 0 Å². The predicted octanol–water partition coefficient (Wildman–Crippen LogP) is 4.20. The quantitative estimate of drug-likeness (QED) is 0.521. The first-order valence-corrected chi connectivity index (χ1v) is 13.9. The zero-order chi connectivity index (χ0) is 24.7. The molecule has 1 N–H and O–H groups in total. The number of carbonyl (C=O) groups is 1. The highest BCUT2D eigenvalue weighted by Crippen LogP contribution is 2.31. The molecule has 1 aliphatic heterocycles. The Bertz CT molecular complexity index is 1090. The maximum absolute atomic E-state index is 13.1. The van der Waals surface area contributed by atoms with E-state index in [0.29, 0.717) is 24.4 Å². The normalized spacial score (nSPS) is 15.5. The molecule has 7 nitrogen and oxygen atoms in total. The van der Waals surface area contributed by atoms with Crippen molar-refractivity contribution in [2.75, 3.05) is 30.8 Å². The van der Waals surface area contributed by atoms with Crippen LogP contribution in [0.25, 0.3) is 0 Å². The Balaban J connectivity index is 1.72. The third-order valence-electron chi connectivity index (χ3n) is 6.03. The van der Waals surface area contributed by atoms with Crippen molar-refractivity contribution >= 4 is 33.2 Å². The van der Waals surface area contributed by atoms with Gasteiger partial charge in [-0.25, -0.2) is 8.42 Å². The van der Waals surface area contributed by atoms with Crippen LogP contribution in [0.2, 0.25) is 5.02 Å². The van der Waals surface area contributed by atoms with Gasteiger partial charge in [0, 0.05) is 13.1 Å². The minimum absolute atomic E-state index is 0.273. The lowest BCUT2D eigenvalue weighted by Crippen LogP contribution is -2.49. The van der Waals surface area contributed by atoms with Crippen LogP contribution in [0.3, 0.4) is 0 Å². The van der Waals surface area contributed by atoms with Gasteiger partial charge in [-0.3, -0.25) is 14.0 Å². The summed E-state index contributed by atoms with van der Waals surface area (Å²) in [5.41, 5.74) is 2.52. The molecule has 1 aliphatic rings. The van der Waals surface area contributed by atoms with Crippen LogP contribution < -0.4 is 14.4 Å². The number of methoxy groups -OCH3 is 1. The van der Waals surface area contributed by atoms with Crippen molar-refractivity contribution in [3.8, 4) is 5.75 Å². The summed E-state index contributed by atoms with van der Waals surface area (Å²) < 4.78 is 31.6. The maximum Gasteiger partial charge on any atom is 0.244 e. The molecule has 2 aromatic carbocycles. The SMILES string of the molecule is CC[C@H](C(=O)NCc1cccc(CN2CCCCC2)c1)N(c1ccc(OC)c(Cl)c1)S(C)(=O)=O. The van der Waals surface area contributed by atoms with Gasteiger partial charge in [0.05, 0.1) is 24.1 Å². The second kappa shape index (κ2) is 11.9. The fraction of sp³-hybridized carbons (Fsp3) is 0.480. The monoisotopic (exact) mass is 507 g/mol. The summed E-state index contributed by atoms with van der Waals surface area (Å²) in [6.07, 6.45) is 5.17. The molecular formula is C25H34ClN3O4S. The molecule has 0 aromatic heterocycles. The molecule has 0 bridgehead atoms. The number of anilines is 1. The average molecular weight is 508 g/mol.